The van der Waals surface area contributed by atoms with Crippen LogP contribution in [0.2, 0.25) is 0 Å². The van der Waals surface area contributed by atoms with E-state index >= 15 is 0 Å². The maximum Gasteiger partial charge on any atom is 0.109 e. The van der Waals surface area contributed by atoms with Crippen LogP contribution < -0.4 is 5.73 Å². The molecule has 2 unspecified atom stereocenters. The molecule has 1 rings (SSSR count). The van der Waals surface area contributed by atoms with Gasteiger partial charge >= 0.3 is 0 Å². The van der Waals surface area contributed by atoms with Gasteiger partial charge in [0.2, 0.25) is 0 Å². The Labute approximate surface area is 79.5 Å². The normalized spacial score (nSPS) is 16.1. The summed E-state index contributed by atoms with van der Waals surface area (Å²) in [7, 11) is 1.79. The van der Waals surface area contributed by atoms with Crippen LogP contribution in [0.15, 0.2) is 10.8 Å². The van der Waals surface area contributed by atoms with E-state index in [1.807, 2.05) is 0 Å². The van der Waals surface area contributed by atoms with Crippen LogP contribution in [0.4, 0.5) is 0 Å². The van der Waals surface area contributed by atoms with Gasteiger partial charge in [0, 0.05) is 18.7 Å². The van der Waals surface area contributed by atoms with E-state index in [0.29, 0.717) is 0 Å². The van der Waals surface area contributed by atoms with Gasteiger partial charge in [-0.3, -0.25) is 4.68 Å². The average Bonchev–Trinajstić information content (AvgIpc) is 2.32. The molecule has 1 aromatic heterocycles. The molecular formula is C7H12BrN3O. The highest BCUT2D eigenvalue weighted by molar-refractivity contribution is 9.10. The third kappa shape index (κ3) is 1.68. The number of rotatable bonds is 2. The summed E-state index contributed by atoms with van der Waals surface area (Å²) < 4.78 is 2.41. The first kappa shape index (κ1) is 9.70. The van der Waals surface area contributed by atoms with Crippen LogP contribution in [0.1, 0.15) is 18.6 Å². The number of hydrogen-bond acceptors (Lipinski definition) is 3. The lowest BCUT2D eigenvalue weighted by molar-refractivity contribution is 0.152. The van der Waals surface area contributed by atoms with Crippen LogP contribution in [0, 0.1) is 0 Å². The molecule has 0 aliphatic heterocycles. The van der Waals surface area contributed by atoms with Crippen molar-refractivity contribution in [3.05, 3.63) is 16.4 Å². The Morgan fingerprint density at radius 3 is 2.67 bits per heavy atom. The number of aliphatic hydroxyl groups excluding tert-OH is 1. The summed E-state index contributed by atoms with van der Waals surface area (Å²) in [5.41, 5.74) is 6.27. The minimum Gasteiger partial charge on any atom is -0.387 e. The van der Waals surface area contributed by atoms with E-state index in [1.54, 1.807) is 24.9 Å². The second-order valence-electron chi connectivity index (χ2n) is 2.82. The third-order valence-electron chi connectivity index (χ3n) is 1.71. The monoisotopic (exact) mass is 233 g/mol. The Morgan fingerprint density at radius 2 is 2.33 bits per heavy atom. The Hall–Kier alpha value is -0.390. The average molecular weight is 234 g/mol. The molecule has 1 heterocycles. The Bertz CT molecular complexity index is 272. The van der Waals surface area contributed by atoms with Crippen molar-refractivity contribution in [1.29, 1.82) is 0 Å². The first-order chi connectivity index (χ1) is 5.54. The Morgan fingerprint density at radius 1 is 1.75 bits per heavy atom. The molecule has 0 amide bonds. The largest absolute Gasteiger partial charge is 0.387 e. The highest BCUT2D eigenvalue weighted by Gasteiger charge is 2.17. The summed E-state index contributed by atoms with van der Waals surface area (Å²) in [5.74, 6) is 0. The van der Waals surface area contributed by atoms with Crippen molar-refractivity contribution in [1.82, 2.24) is 9.78 Å². The SMILES string of the molecule is CC(N)C(O)c1cnn(C)c1Br. The molecule has 0 spiro atoms. The van der Waals surface area contributed by atoms with Gasteiger partial charge in [-0.25, -0.2) is 0 Å². The highest BCUT2D eigenvalue weighted by atomic mass is 79.9. The van der Waals surface area contributed by atoms with Crippen molar-refractivity contribution in [3.63, 3.8) is 0 Å². The van der Waals surface area contributed by atoms with E-state index in [1.165, 1.54) is 0 Å². The summed E-state index contributed by atoms with van der Waals surface area (Å²) in [6.07, 6.45) is 0.950. The summed E-state index contributed by atoms with van der Waals surface area (Å²) in [4.78, 5) is 0. The molecule has 2 atom stereocenters. The van der Waals surface area contributed by atoms with Gasteiger partial charge in [0.1, 0.15) is 4.60 Å². The van der Waals surface area contributed by atoms with Crippen LogP contribution in [0.25, 0.3) is 0 Å². The minimum absolute atomic E-state index is 0.287. The molecule has 4 nitrogen and oxygen atoms in total. The zero-order valence-electron chi connectivity index (χ0n) is 7.03. The quantitative estimate of drug-likeness (QED) is 0.785. The van der Waals surface area contributed by atoms with Crippen molar-refractivity contribution in [2.45, 2.75) is 19.1 Å². The zero-order valence-corrected chi connectivity index (χ0v) is 8.62. The van der Waals surface area contributed by atoms with Gasteiger partial charge in [-0.1, -0.05) is 0 Å². The molecule has 0 fully saturated rings. The van der Waals surface area contributed by atoms with Crippen LogP contribution in [-0.4, -0.2) is 20.9 Å². The van der Waals surface area contributed by atoms with Crippen molar-refractivity contribution in [2.75, 3.05) is 0 Å². The lowest BCUT2D eigenvalue weighted by Gasteiger charge is -2.12. The second-order valence-corrected chi connectivity index (χ2v) is 3.57. The maximum atomic E-state index is 9.58. The Kier molecular flexibility index (Phi) is 2.87. The summed E-state index contributed by atoms with van der Waals surface area (Å²) in [6, 6.07) is -0.287. The number of aliphatic hydroxyl groups is 1. The maximum absolute atomic E-state index is 9.58. The fourth-order valence-corrected chi connectivity index (χ4v) is 1.35. The van der Waals surface area contributed by atoms with E-state index in [9.17, 15) is 5.11 Å². The Balaban J connectivity index is 2.95. The fourth-order valence-electron chi connectivity index (χ4n) is 0.921. The van der Waals surface area contributed by atoms with Crippen molar-refractivity contribution in [2.24, 2.45) is 12.8 Å². The highest BCUT2D eigenvalue weighted by Crippen LogP contribution is 2.23. The predicted octanol–water partition coefficient (Wildman–Crippen LogP) is 0.563. The first-order valence-corrected chi connectivity index (χ1v) is 4.44. The van der Waals surface area contributed by atoms with E-state index in [0.717, 1.165) is 10.2 Å². The van der Waals surface area contributed by atoms with Gasteiger partial charge < -0.3 is 10.8 Å². The van der Waals surface area contributed by atoms with Crippen molar-refractivity contribution >= 4 is 15.9 Å². The number of aromatic nitrogens is 2. The van der Waals surface area contributed by atoms with Crippen LogP contribution in [0.3, 0.4) is 0 Å². The van der Waals surface area contributed by atoms with E-state index in [2.05, 4.69) is 21.0 Å². The second kappa shape index (κ2) is 3.55. The molecule has 5 heteroatoms. The predicted molar refractivity (Wildman–Crippen MR) is 49.5 cm³/mol. The zero-order chi connectivity index (χ0) is 9.30. The molecule has 12 heavy (non-hydrogen) atoms. The third-order valence-corrected chi connectivity index (χ3v) is 2.68. The van der Waals surface area contributed by atoms with Gasteiger partial charge in [-0.15, -0.1) is 0 Å². The van der Waals surface area contributed by atoms with Gasteiger partial charge in [0.25, 0.3) is 0 Å². The van der Waals surface area contributed by atoms with Gasteiger partial charge in [-0.05, 0) is 22.9 Å². The first-order valence-electron chi connectivity index (χ1n) is 3.65. The smallest absolute Gasteiger partial charge is 0.109 e. The molecule has 1 aromatic rings. The molecule has 0 radical (unpaired) electrons. The molecule has 0 bridgehead atoms. The molecular weight excluding hydrogens is 222 g/mol. The van der Waals surface area contributed by atoms with Gasteiger partial charge in [0.15, 0.2) is 0 Å². The molecule has 0 saturated carbocycles. The summed E-state index contributed by atoms with van der Waals surface area (Å²) in [5, 5.41) is 13.6. The van der Waals surface area contributed by atoms with E-state index in [-0.39, 0.29) is 6.04 Å². The molecule has 68 valence electrons. The lowest BCUT2D eigenvalue weighted by Crippen LogP contribution is -2.24. The number of aryl methyl sites for hydroxylation is 1. The van der Waals surface area contributed by atoms with E-state index < -0.39 is 6.10 Å². The molecule has 0 aliphatic rings. The number of hydrogen-bond donors (Lipinski definition) is 2. The van der Waals surface area contributed by atoms with Gasteiger partial charge in [0.05, 0.1) is 12.3 Å². The van der Waals surface area contributed by atoms with Gasteiger partial charge in [-0.2, -0.15) is 5.10 Å². The fraction of sp³-hybridized carbons (Fsp3) is 0.571. The summed E-state index contributed by atoms with van der Waals surface area (Å²) in [6.45, 7) is 1.75. The lowest BCUT2D eigenvalue weighted by atomic mass is 10.1. The summed E-state index contributed by atoms with van der Waals surface area (Å²) >= 11 is 3.30. The van der Waals surface area contributed by atoms with Crippen molar-refractivity contribution in [3.8, 4) is 0 Å². The minimum atomic E-state index is -0.659. The standard InChI is InChI=1S/C7H12BrN3O/c1-4(9)6(12)5-3-10-11(2)7(5)8/h3-4,6,12H,9H2,1-2H3. The van der Waals surface area contributed by atoms with Crippen LogP contribution in [0.5, 0.6) is 0 Å². The van der Waals surface area contributed by atoms with E-state index in [4.69, 9.17) is 5.73 Å². The number of halogens is 1. The van der Waals surface area contributed by atoms with Crippen molar-refractivity contribution < 1.29 is 5.11 Å². The number of nitrogens with zero attached hydrogens (tertiary/aromatic N) is 2. The molecule has 0 aliphatic carbocycles. The molecule has 3 N–H and O–H groups in total. The topological polar surface area (TPSA) is 64.1 Å². The van der Waals surface area contributed by atoms with Crippen LogP contribution in [-0.2, 0) is 7.05 Å². The molecule has 0 saturated heterocycles. The molecule has 0 aromatic carbocycles. The number of nitrogens with two attached hydrogens (primary N) is 1. The van der Waals surface area contributed by atoms with Crippen LogP contribution >= 0.6 is 15.9 Å².